The van der Waals surface area contributed by atoms with Gasteiger partial charge >= 0.3 is 13.8 Å². The standard InChI is InChI=1S/C40H80NO7P/c1-3-5-7-9-11-13-15-17-18-19-20-21-22-23-25-27-29-31-33-40(42)48-39(38-47-49(43,44)46-36-34-41)37-45-35-32-30-28-26-24-16-14-12-10-8-6-4-2/h10,12,39H,3-9,11,13-38,41H2,1-2H3,(H,43,44)/b12-10-. The number of hydrogen-bond acceptors (Lipinski definition) is 7. The number of unbranched alkanes of at least 4 members (excludes halogenated alkanes) is 25. The molecule has 0 saturated carbocycles. The molecule has 0 fully saturated rings. The molecule has 2 atom stereocenters. The van der Waals surface area contributed by atoms with Crippen LogP contribution in [0.2, 0.25) is 0 Å². The molecule has 0 aromatic rings. The second-order valence-corrected chi connectivity index (χ2v) is 15.3. The number of carbonyl (C=O) groups is 1. The molecule has 0 aromatic carbocycles. The smallest absolute Gasteiger partial charge is 0.457 e. The van der Waals surface area contributed by atoms with Crippen LogP contribution in [0.15, 0.2) is 12.2 Å². The van der Waals surface area contributed by atoms with Crippen molar-refractivity contribution in [3.63, 3.8) is 0 Å². The Bertz CT molecular complexity index is 767. The van der Waals surface area contributed by atoms with Crippen molar-refractivity contribution in [2.45, 2.75) is 206 Å². The zero-order valence-corrected chi connectivity index (χ0v) is 33.1. The van der Waals surface area contributed by atoms with Gasteiger partial charge in [0.1, 0.15) is 6.10 Å². The summed E-state index contributed by atoms with van der Waals surface area (Å²) in [7, 11) is -4.27. The molecule has 0 aromatic heterocycles. The van der Waals surface area contributed by atoms with Crippen molar-refractivity contribution < 1.29 is 32.8 Å². The van der Waals surface area contributed by atoms with Crippen LogP contribution in [0, 0.1) is 0 Å². The molecule has 0 aliphatic heterocycles. The van der Waals surface area contributed by atoms with Gasteiger partial charge in [0.05, 0.1) is 19.8 Å². The van der Waals surface area contributed by atoms with Crippen molar-refractivity contribution in [3.05, 3.63) is 12.2 Å². The molecular formula is C40H80NO7P. The largest absolute Gasteiger partial charge is 0.472 e. The van der Waals surface area contributed by atoms with Gasteiger partial charge in [0.2, 0.25) is 0 Å². The molecule has 0 saturated heterocycles. The van der Waals surface area contributed by atoms with Crippen LogP contribution in [0.25, 0.3) is 0 Å². The van der Waals surface area contributed by atoms with Crippen LogP contribution in [0.5, 0.6) is 0 Å². The van der Waals surface area contributed by atoms with E-state index in [1.807, 2.05) is 0 Å². The molecular weight excluding hydrogens is 637 g/mol. The molecule has 0 amide bonds. The predicted molar refractivity (Wildman–Crippen MR) is 206 cm³/mol. The Balaban J connectivity index is 3.99. The number of ether oxygens (including phenoxy) is 2. The third kappa shape index (κ3) is 38.3. The van der Waals surface area contributed by atoms with Crippen molar-refractivity contribution in [1.29, 1.82) is 0 Å². The summed E-state index contributed by atoms with van der Waals surface area (Å²) in [5, 5.41) is 0. The fraction of sp³-hybridized carbons (Fsp3) is 0.925. The van der Waals surface area contributed by atoms with Crippen LogP contribution in [0.4, 0.5) is 0 Å². The summed E-state index contributed by atoms with van der Waals surface area (Å²) in [6.45, 7) is 4.91. The number of hydrogen-bond donors (Lipinski definition) is 2. The van der Waals surface area contributed by atoms with E-state index in [0.29, 0.717) is 13.0 Å². The fourth-order valence-electron chi connectivity index (χ4n) is 5.86. The average molecular weight is 718 g/mol. The van der Waals surface area contributed by atoms with Crippen LogP contribution in [0.1, 0.15) is 200 Å². The van der Waals surface area contributed by atoms with Gasteiger partial charge in [0.25, 0.3) is 0 Å². The second-order valence-electron chi connectivity index (χ2n) is 13.9. The maximum absolute atomic E-state index is 12.6. The molecule has 0 bridgehead atoms. The first kappa shape index (κ1) is 48.2. The Morgan fingerprint density at radius 1 is 0.592 bits per heavy atom. The van der Waals surface area contributed by atoms with E-state index in [0.717, 1.165) is 32.1 Å². The molecule has 0 spiro atoms. The second kappa shape index (κ2) is 38.5. The Hall–Kier alpha value is -0.760. The highest BCUT2D eigenvalue weighted by Crippen LogP contribution is 2.43. The lowest BCUT2D eigenvalue weighted by Crippen LogP contribution is -2.28. The maximum atomic E-state index is 12.6. The minimum absolute atomic E-state index is 0.0935. The van der Waals surface area contributed by atoms with Gasteiger partial charge in [-0.15, -0.1) is 0 Å². The molecule has 0 aliphatic carbocycles. The summed E-state index contributed by atoms with van der Waals surface area (Å²) >= 11 is 0. The first-order valence-corrected chi connectivity index (χ1v) is 22.2. The molecule has 0 aliphatic rings. The van der Waals surface area contributed by atoms with Crippen molar-refractivity contribution in [2.75, 3.05) is 33.0 Å². The molecule has 0 rings (SSSR count). The third-order valence-corrected chi connectivity index (χ3v) is 9.92. The number of carbonyl (C=O) groups excluding carboxylic acids is 1. The summed E-state index contributed by atoms with van der Waals surface area (Å²) in [6, 6.07) is 0. The van der Waals surface area contributed by atoms with Gasteiger partial charge in [0, 0.05) is 19.6 Å². The Labute approximate surface area is 303 Å². The number of phosphoric acid groups is 1. The SMILES string of the molecule is CCCC/C=C\CCCCCCCCOCC(COP(=O)(O)OCCN)OC(=O)CCCCCCCCCCCCCCCCCCCC. The zero-order chi connectivity index (χ0) is 35.9. The monoisotopic (exact) mass is 718 g/mol. The molecule has 8 nitrogen and oxygen atoms in total. The van der Waals surface area contributed by atoms with Crippen molar-refractivity contribution in [1.82, 2.24) is 0 Å². The minimum atomic E-state index is -4.27. The lowest BCUT2D eigenvalue weighted by molar-refractivity contribution is -0.154. The Morgan fingerprint density at radius 2 is 1.04 bits per heavy atom. The van der Waals surface area contributed by atoms with Gasteiger partial charge in [-0.1, -0.05) is 174 Å². The number of phosphoric ester groups is 1. The van der Waals surface area contributed by atoms with Crippen molar-refractivity contribution in [3.8, 4) is 0 Å². The number of esters is 1. The summed E-state index contributed by atoms with van der Waals surface area (Å²) < 4.78 is 33.3. The van der Waals surface area contributed by atoms with E-state index < -0.39 is 13.9 Å². The molecule has 49 heavy (non-hydrogen) atoms. The minimum Gasteiger partial charge on any atom is -0.457 e. The molecule has 292 valence electrons. The average Bonchev–Trinajstić information content (AvgIpc) is 3.09. The summed E-state index contributed by atoms with van der Waals surface area (Å²) in [5.74, 6) is -0.329. The van der Waals surface area contributed by atoms with Crippen LogP contribution >= 0.6 is 7.82 Å². The van der Waals surface area contributed by atoms with E-state index >= 15 is 0 Å². The van der Waals surface area contributed by atoms with E-state index in [1.54, 1.807) is 0 Å². The highest BCUT2D eigenvalue weighted by Gasteiger charge is 2.25. The fourth-order valence-corrected chi connectivity index (χ4v) is 6.63. The Kier molecular flexibility index (Phi) is 37.9. The molecule has 9 heteroatoms. The number of nitrogens with two attached hydrogens (primary N) is 1. The van der Waals surface area contributed by atoms with Crippen LogP contribution in [-0.2, 0) is 27.9 Å². The number of rotatable bonds is 40. The third-order valence-electron chi connectivity index (χ3n) is 8.93. The Morgan fingerprint density at radius 3 is 1.55 bits per heavy atom. The zero-order valence-electron chi connectivity index (χ0n) is 32.2. The van der Waals surface area contributed by atoms with Gasteiger partial charge in [0.15, 0.2) is 0 Å². The molecule has 3 N–H and O–H groups in total. The van der Waals surface area contributed by atoms with Crippen molar-refractivity contribution in [2.24, 2.45) is 5.73 Å². The lowest BCUT2D eigenvalue weighted by Gasteiger charge is -2.20. The highest BCUT2D eigenvalue weighted by molar-refractivity contribution is 7.47. The summed E-state index contributed by atoms with van der Waals surface area (Å²) in [6.07, 6.45) is 39.4. The van der Waals surface area contributed by atoms with Gasteiger partial charge in [-0.05, 0) is 32.1 Å². The number of allylic oxidation sites excluding steroid dienone is 2. The van der Waals surface area contributed by atoms with Crippen molar-refractivity contribution >= 4 is 13.8 Å². The molecule has 0 heterocycles. The highest BCUT2D eigenvalue weighted by atomic mass is 31.2. The first-order chi connectivity index (χ1) is 23.9. The van der Waals surface area contributed by atoms with Gasteiger partial charge < -0.3 is 20.1 Å². The van der Waals surface area contributed by atoms with E-state index in [9.17, 15) is 14.3 Å². The van der Waals surface area contributed by atoms with E-state index in [-0.39, 0.29) is 32.3 Å². The quantitative estimate of drug-likeness (QED) is 0.0278. The maximum Gasteiger partial charge on any atom is 0.472 e. The topological polar surface area (TPSA) is 117 Å². The van der Waals surface area contributed by atoms with E-state index in [1.165, 1.54) is 148 Å². The summed E-state index contributed by atoms with van der Waals surface area (Å²) in [5.41, 5.74) is 5.36. The summed E-state index contributed by atoms with van der Waals surface area (Å²) in [4.78, 5) is 22.4. The van der Waals surface area contributed by atoms with Crippen LogP contribution < -0.4 is 5.73 Å². The predicted octanol–water partition coefficient (Wildman–Crippen LogP) is 11.9. The molecule has 2 unspecified atom stereocenters. The van der Waals surface area contributed by atoms with E-state index in [4.69, 9.17) is 24.3 Å². The van der Waals surface area contributed by atoms with E-state index in [2.05, 4.69) is 26.0 Å². The van der Waals surface area contributed by atoms with Gasteiger partial charge in [-0.3, -0.25) is 13.8 Å². The normalized spacial score (nSPS) is 13.6. The van der Waals surface area contributed by atoms with Gasteiger partial charge in [-0.25, -0.2) is 4.57 Å². The van der Waals surface area contributed by atoms with Crippen LogP contribution in [0.3, 0.4) is 0 Å². The molecule has 0 radical (unpaired) electrons. The lowest BCUT2D eigenvalue weighted by atomic mass is 10.0. The first-order valence-electron chi connectivity index (χ1n) is 20.7. The van der Waals surface area contributed by atoms with Gasteiger partial charge in [-0.2, -0.15) is 0 Å². The van der Waals surface area contributed by atoms with Crippen LogP contribution in [-0.4, -0.2) is 49.9 Å².